The van der Waals surface area contributed by atoms with Gasteiger partial charge in [0.1, 0.15) is 0 Å². The molecule has 0 aliphatic heterocycles. The fourth-order valence-corrected chi connectivity index (χ4v) is 1.82. The predicted octanol–water partition coefficient (Wildman–Crippen LogP) is 2.04. The number of nitrogens with two attached hydrogens (primary N) is 1. The van der Waals surface area contributed by atoms with Crippen molar-refractivity contribution >= 4 is 30.1 Å². The van der Waals surface area contributed by atoms with E-state index in [1.54, 1.807) is 11.8 Å². The van der Waals surface area contributed by atoms with Crippen LogP contribution in [0.25, 0.3) is 0 Å². The molecule has 3 N–H and O–H groups in total. The van der Waals surface area contributed by atoms with Gasteiger partial charge in [0.15, 0.2) is 0 Å². The van der Waals surface area contributed by atoms with Gasteiger partial charge < -0.3 is 11.1 Å². The average Bonchev–Trinajstić information content (AvgIpc) is 2.26. The highest BCUT2D eigenvalue weighted by Gasteiger charge is 2.13. The van der Waals surface area contributed by atoms with Gasteiger partial charge in [0.2, 0.25) is 5.91 Å². The monoisotopic (exact) mass is 268 g/mol. The lowest BCUT2D eigenvalue weighted by Gasteiger charge is -2.16. The zero-order chi connectivity index (χ0) is 11.7. The Bertz CT molecular complexity index is 177. The molecule has 0 rings (SSSR count). The molecule has 1 amide bonds. The number of hydrogen-bond donors (Lipinski definition) is 2. The molecule has 0 unspecified atom stereocenters. The Hall–Kier alpha value is 0.0700. The highest BCUT2D eigenvalue weighted by molar-refractivity contribution is 7.98. The summed E-state index contributed by atoms with van der Waals surface area (Å²) >= 11 is 1.72. The van der Waals surface area contributed by atoms with E-state index in [1.807, 2.05) is 6.26 Å². The van der Waals surface area contributed by atoms with E-state index in [1.165, 1.54) is 0 Å². The molecule has 0 radical (unpaired) electrons. The van der Waals surface area contributed by atoms with Gasteiger partial charge in [-0.3, -0.25) is 4.79 Å². The predicted molar refractivity (Wildman–Crippen MR) is 75.3 cm³/mol. The largest absolute Gasteiger partial charge is 0.354 e. The first kappa shape index (κ1) is 18.4. The van der Waals surface area contributed by atoms with E-state index in [-0.39, 0.29) is 24.4 Å². The second-order valence-corrected chi connectivity index (χ2v) is 4.80. The third-order valence-corrected chi connectivity index (χ3v) is 3.33. The van der Waals surface area contributed by atoms with Gasteiger partial charge in [-0.2, -0.15) is 11.8 Å². The molecule has 98 valence electrons. The molecular formula is C11H25ClN2OS. The molecule has 0 aromatic carbocycles. The number of hydrogen-bond acceptors (Lipinski definition) is 3. The van der Waals surface area contributed by atoms with Crippen molar-refractivity contribution in [3.63, 3.8) is 0 Å². The quantitative estimate of drug-likeness (QED) is 0.708. The number of carbonyl (C=O) groups is 1. The van der Waals surface area contributed by atoms with Crippen LogP contribution in [-0.2, 0) is 4.79 Å². The topological polar surface area (TPSA) is 55.1 Å². The lowest BCUT2D eigenvalue weighted by Crippen LogP contribution is -2.42. The summed E-state index contributed by atoms with van der Waals surface area (Å²) in [7, 11) is 0. The molecule has 16 heavy (non-hydrogen) atoms. The molecule has 0 spiro atoms. The lowest BCUT2D eigenvalue weighted by atomic mass is 10.0. The first-order valence-electron chi connectivity index (χ1n) is 5.67. The maximum absolute atomic E-state index is 11.5. The summed E-state index contributed by atoms with van der Waals surface area (Å²) < 4.78 is 0. The Morgan fingerprint density at radius 1 is 1.38 bits per heavy atom. The van der Waals surface area contributed by atoms with Crippen molar-refractivity contribution in [3.05, 3.63) is 0 Å². The van der Waals surface area contributed by atoms with Crippen LogP contribution in [0.2, 0.25) is 0 Å². The van der Waals surface area contributed by atoms with E-state index in [0.717, 1.165) is 31.6 Å². The molecule has 0 aromatic rings. The van der Waals surface area contributed by atoms with Gasteiger partial charge in [-0.15, -0.1) is 12.4 Å². The number of nitrogens with one attached hydrogen (secondary N) is 1. The van der Waals surface area contributed by atoms with E-state index >= 15 is 0 Å². The summed E-state index contributed by atoms with van der Waals surface area (Å²) in [6.07, 6.45) is 5.00. The first-order valence-corrected chi connectivity index (χ1v) is 7.07. The van der Waals surface area contributed by atoms with Crippen molar-refractivity contribution in [1.29, 1.82) is 0 Å². The normalized spacial score (nSPS) is 12.1. The number of thioether (sulfide) groups is 1. The summed E-state index contributed by atoms with van der Waals surface area (Å²) in [6, 6.07) is -0.341. The van der Waals surface area contributed by atoms with Crippen LogP contribution in [0.15, 0.2) is 0 Å². The fourth-order valence-electron chi connectivity index (χ4n) is 1.33. The van der Waals surface area contributed by atoms with Crippen molar-refractivity contribution in [2.24, 2.45) is 11.7 Å². The maximum Gasteiger partial charge on any atom is 0.236 e. The number of halogens is 1. The maximum atomic E-state index is 11.5. The molecular weight excluding hydrogens is 244 g/mol. The second-order valence-electron chi connectivity index (χ2n) is 3.82. The number of rotatable bonds is 8. The smallest absolute Gasteiger partial charge is 0.236 e. The highest BCUT2D eigenvalue weighted by Crippen LogP contribution is 2.05. The molecule has 5 heteroatoms. The molecule has 0 bridgehead atoms. The zero-order valence-corrected chi connectivity index (χ0v) is 12.1. The summed E-state index contributed by atoms with van der Waals surface area (Å²) in [6.45, 7) is 5.06. The third-order valence-electron chi connectivity index (χ3n) is 2.69. The fraction of sp³-hybridized carbons (Fsp3) is 0.909. The second kappa shape index (κ2) is 11.6. The Morgan fingerprint density at radius 2 is 1.94 bits per heavy atom. The summed E-state index contributed by atoms with van der Waals surface area (Å²) in [5.41, 5.74) is 5.75. The molecule has 3 nitrogen and oxygen atoms in total. The van der Waals surface area contributed by atoms with Crippen LogP contribution in [0, 0.1) is 5.92 Å². The lowest BCUT2D eigenvalue weighted by molar-refractivity contribution is -0.122. The zero-order valence-electron chi connectivity index (χ0n) is 10.5. The van der Waals surface area contributed by atoms with Crippen LogP contribution < -0.4 is 11.1 Å². The van der Waals surface area contributed by atoms with E-state index in [0.29, 0.717) is 5.92 Å². The molecule has 0 heterocycles. The molecule has 0 fully saturated rings. The minimum absolute atomic E-state index is 0. The number of carbonyl (C=O) groups excluding carboxylic acids is 1. The van der Waals surface area contributed by atoms with Crippen molar-refractivity contribution in [1.82, 2.24) is 5.32 Å². The minimum atomic E-state index is -0.341. The molecule has 0 saturated carbocycles. The van der Waals surface area contributed by atoms with Crippen LogP contribution in [0.1, 0.15) is 33.1 Å². The van der Waals surface area contributed by atoms with E-state index in [4.69, 9.17) is 5.73 Å². The van der Waals surface area contributed by atoms with Crippen LogP contribution in [-0.4, -0.2) is 30.5 Å². The van der Waals surface area contributed by atoms with Crippen molar-refractivity contribution in [2.45, 2.75) is 39.2 Å². The van der Waals surface area contributed by atoms with Crippen molar-refractivity contribution < 1.29 is 4.79 Å². The van der Waals surface area contributed by atoms with Crippen LogP contribution in [0.5, 0.6) is 0 Å². The van der Waals surface area contributed by atoms with Gasteiger partial charge in [-0.05, 0) is 24.3 Å². The van der Waals surface area contributed by atoms with Crippen LogP contribution in [0.3, 0.4) is 0 Å². The first-order chi connectivity index (χ1) is 7.15. The van der Waals surface area contributed by atoms with Crippen molar-refractivity contribution in [2.75, 3.05) is 18.6 Å². The van der Waals surface area contributed by atoms with Gasteiger partial charge in [0.25, 0.3) is 0 Å². The molecule has 0 aromatic heterocycles. The highest BCUT2D eigenvalue weighted by atomic mass is 35.5. The molecule has 0 aliphatic carbocycles. The van der Waals surface area contributed by atoms with Gasteiger partial charge in [0, 0.05) is 6.54 Å². The van der Waals surface area contributed by atoms with Gasteiger partial charge in [-0.1, -0.05) is 26.7 Å². The molecule has 1 atom stereocenters. The summed E-state index contributed by atoms with van der Waals surface area (Å²) in [4.78, 5) is 11.5. The minimum Gasteiger partial charge on any atom is -0.354 e. The van der Waals surface area contributed by atoms with E-state index in [9.17, 15) is 4.79 Å². The van der Waals surface area contributed by atoms with Gasteiger partial charge in [-0.25, -0.2) is 0 Å². The SMILES string of the molecule is CCC(CC)CNC(=O)[C@@H](N)CCSC.Cl. The molecule has 0 aliphatic rings. The van der Waals surface area contributed by atoms with Gasteiger partial charge in [0.05, 0.1) is 6.04 Å². The average molecular weight is 269 g/mol. The Labute approximate surface area is 110 Å². The van der Waals surface area contributed by atoms with Crippen molar-refractivity contribution in [3.8, 4) is 0 Å². The Kier molecular flexibility index (Phi) is 13.3. The van der Waals surface area contributed by atoms with E-state index < -0.39 is 0 Å². The van der Waals surface area contributed by atoms with Crippen LogP contribution in [0.4, 0.5) is 0 Å². The Balaban J connectivity index is 0. The standard InChI is InChI=1S/C11H24N2OS.ClH/c1-4-9(5-2)8-13-11(14)10(12)6-7-15-3;/h9-10H,4-8,12H2,1-3H3,(H,13,14);1H/t10-;/m0./s1. The van der Waals surface area contributed by atoms with Gasteiger partial charge >= 0.3 is 0 Å². The third kappa shape index (κ3) is 8.25. The summed E-state index contributed by atoms with van der Waals surface area (Å²) in [5.74, 6) is 1.53. The number of amides is 1. The van der Waals surface area contributed by atoms with E-state index in [2.05, 4.69) is 19.2 Å². The Morgan fingerprint density at radius 3 is 2.38 bits per heavy atom. The summed E-state index contributed by atoms with van der Waals surface area (Å²) in [5, 5.41) is 2.92. The molecule has 0 saturated heterocycles. The van der Waals surface area contributed by atoms with Crippen LogP contribution >= 0.6 is 24.2 Å².